The molecule has 0 bridgehead atoms. The molecule has 3 rings (SSSR count). The maximum atomic E-state index is 12.2. The van der Waals surface area contributed by atoms with E-state index in [1.54, 1.807) is 12.1 Å². The first-order valence-electron chi connectivity index (χ1n) is 7.76. The van der Waals surface area contributed by atoms with Crippen LogP contribution in [0.25, 0.3) is 0 Å². The predicted octanol–water partition coefficient (Wildman–Crippen LogP) is 4.97. The molecule has 1 atom stereocenters. The Bertz CT molecular complexity index is 912. The Labute approximate surface area is 169 Å². The number of halogens is 2. The van der Waals surface area contributed by atoms with E-state index in [2.05, 4.69) is 15.5 Å². The van der Waals surface area contributed by atoms with Crippen molar-refractivity contribution < 1.29 is 4.79 Å². The molecule has 0 unspecified atom stereocenters. The van der Waals surface area contributed by atoms with E-state index in [-0.39, 0.29) is 11.9 Å². The van der Waals surface area contributed by atoms with Crippen LogP contribution in [-0.2, 0) is 12.8 Å². The number of thiophene rings is 1. The van der Waals surface area contributed by atoms with Crippen molar-refractivity contribution in [3.8, 4) is 0 Å². The largest absolute Gasteiger partial charge is 0.342 e. The van der Waals surface area contributed by atoms with E-state index < -0.39 is 0 Å². The van der Waals surface area contributed by atoms with Gasteiger partial charge in [0.15, 0.2) is 11.0 Å². The topological polar surface area (TPSA) is 59.8 Å². The Morgan fingerprint density at radius 1 is 1.35 bits per heavy atom. The fraction of sp³-hybridized carbons (Fsp3) is 0.235. The van der Waals surface area contributed by atoms with Gasteiger partial charge in [0, 0.05) is 22.8 Å². The lowest BCUT2D eigenvalue weighted by molar-refractivity contribution is 0.0942. The van der Waals surface area contributed by atoms with Gasteiger partial charge >= 0.3 is 0 Å². The second-order valence-corrected chi connectivity index (χ2v) is 8.33. The number of thioether (sulfide) groups is 1. The summed E-state index contributed by atoms with van der Waals surface area (Å²) in [5, 5.41) is 15.3. The van der Waals surface area contributed by atoms with Crippen LogP contribution in [-0.4, -0.2) is 20.7 Å². The van der Waals surface area contributed by atoms with Crippen LogP contribution in [0, 0.1) is 0 Å². The molecule has 0 radical (unpaired) electrons. The first-order valence-corrected chi connectivity index (χ1v) is 10.4. The molecular formula is C17H16Cl2N4OS2. The van der Waals surface area contributed by atoms with Gasteiger partial charge in [0.1, 0.15) is 0 Å². The van der Waals surface area contributed by atoms with E-state index in [9.17, 15) is 4.79 Å². The summed E-state index contributed by atoms with van der Waals surface area (Å²) in [5.41, 5.74) is 0.977. The molecule has 5 nitrogen and oxygen atoms in total. The molecule has 0 aliphatic rings. The molecule has 1 aromatic carbocycles. The van der Waals surface area contributed by atoms with Gasteiger partial charge in [-0.05, 0) is 36.1 Å². The summed E-state index contributed by atoms with van der Waals surface area (Å²) in [6.45, 7) is 1.89. The minimum Gasteiger partial charge on any atom is -0.342 e. The van der Waals surface area contributed by atoms with Crippen LogP contribution in [0.15, 0.2) is 40.9 Å². The zero-order valence-corrected chi connectivity index (χ0v) is 17.2. The minimum atomic E-state index is -0.254. The zero-order chi connectivity index (χ0) is 18.7. The second-order valence-electron chi connectivity index (χ2n) is 5.60. The smallest absolute Gasteiger partial charge is 0.261 e. The number of carbonyl (C=O) groups excluding carboxylic acids is 1. The number of hydrogen-bond donors (Lipinski definition) is 1. The molecule has 0 fully saturated rings. The van der Waals surface area contributed by atoms with Crippen molar-refractivity contribution in [3.63, 3.8) is 0 Å². The summed E-state index contributed by atoms with van der Waals surface area (Å²) in [5.74, 6) is 1.23. The summed E-state index contributed by atoms with van der Waals surface area (Å²) in [7, 11) is 1.88. The Morgan fingerprint density at radius 2 is 2.15 bits per heavy atom. The zero-order valence-electron chi connectivity index (χ0n) is 14.1. The quantitative estimate of drug-likeness (QED) is 0.565. The maximum Gasteiger partial charge on any atom is 0.261 e. The van der Waals surface area contributed by atoms with E-state index in [0.29, 0.717) is 26.5 Å². The lowest BCUT2D eigenvalue weighted by atomic mass is 10.2. The summed E-state index contributed by atoms with van der Waals surface area (Å²) in [6, 6.07) is 8.83. The number of hydrogen-bond acceptors (Lipinski definition) is 5. The van der Waals surface area contributed by atoms with Crippen molar-refractivity contribution in [3.05, 3.63) is 62.0 Å². The molecule has 0 spiro atoms. The van der Waals surface area contributed by atoms with Gasteiger partial charge in [-0.2, -0.15) is 0 Å². The molecule has 0 saturated carbocycles. The molecular weight excluding hydrogens is 411 g/mol. The van der Waals surface area contributed by atoms with Gasteiger partial charge in [0.2, 0.25) is 0 Å². The van der Waals surface area contributed by atoms with Crippen LogP contribution in [0.4, 0.5) is 0 Å². The molecule has 1 N–H and O–H groups in total. The van der Waals surface area contributed by atoms with Crippen molar-refractivity contribution in [2.75, 3.05) is 0 Å². The Kier molecular flexibility index (Phi) is 6.24. The SMILES string of the molecule is C[C@H](NC(=O)c1cccs1)c1nnc(SCc2ccc(Cl)cc2Cl)n1C. The highest BCUT2D eigenvalue weighted by molar-refractivity contribution is 7.98. The van der Waals surface area contributed by atoms with Gasteiger partial charge in [-0.15, -0.1) is 21.5 Å². The maximum absolute atomic E-state index is 12.2. The molecule has 136 valence electrons. The molecule has 3 aromatic rings. The number of nitrogens with zero attached hydrogens (tertiary/aromatic N) is 3. The number of nitrogens with one attached hydrogen (secondary N) is 1. The first kappa shape index (κ1) is 19.2. The highest BCUT2D eigenvalue weighted by Crippen LogP contribution is 2.28. The van der Waals surface area contributed by atoms with Crippen LogP contribution in [0.1, 0.15) is 34.0 Å². The van der Waals surface area contributed by atoms with Gasteiger partial charge in [-0.1, -0.05) is 47.1 Å². The molecule has 9 heteroatoms. The molecule has 26 heavy (non-hydrogen) atoms. The Hall–Kier alpha value is -1.54. The van der Waals surface area contributed by atoms with E-state index in [4.69, 9.17) is 23.2 Å². The van der Waals surface area contributed by atoms with Crippen LogP contribution in [0.5, 0.6) is 0 Å². The molecule has 1 amide bonds. The first-order chi connectivity index (χ1) is 12.5. The average molecular weight is 427 g/mol. The van der Waals surface area contributed by atoms with E-state index in [1.165, 1.54) is 23.1 Å². The fourth-order valence-electron chi connectivity index (χ4n) is 2.35. The summed E-state index contributed by atoms with van der Waals surface area (Å²) >= 11 is 15.1. The standard InChI is InChI=1S/C17H16Cl2N4OS2/c1-10(20-16(24)14-4-3-7-25-14)15-21-22-17(23(15)2)26-9-11-5-6-12(18)8-13(11)19/h3-8,10H,9H2,1-2H3,(H,20,24)/t10-/m0/s1. The number of amides is 1. The van der Waals surface area contributed by atoms with Crippen molar-refractivity contribution in [2.45, 2.75) is 23.9 Å². The lowest BCUT2D eigenvalue weighted by Crippen LogP contribution is -2.27. The van der Waals surface area contributed by atoms with Crippen molar-refractivity contribution in [2.24, 2.45) is 7.05 Å². The summed E-state index contributed by atoms with van der Waals surface area (Å²) < 4.78 is 1.88. The second kappa shape index (κ2) is 8.43. The van der Waals surface area contributed by atoms with Gasteiger partial charge < -0.3 is 9.88 Å². The van der Waals surface area contributed by atoms with Crippen LogP contribution in [0.2, 0.25) is 10.0 Å². The highest BCUT2D eigenvalue weighted by atomic mass is 35.5. The van der Waals surface area contributed by atoms with Crippen LogP contribution >= 0.6 is 46.3 Å². The van der Waals surface area contributed by atoms with Gasteiger partial charge in [0.05, 0.1) is 10.9 Å². The van der Waals surface area contributed by atoms with Crippen LogP contribution in [0.3, 0.4) is 0 Å². The molecule has 0 aliphatic heterocycles. The highest BCUT2D eigenvalue weighted by Gasteiger charge is 2.19. The summed E-state index contributed by atoms with van der Waals surface area (Å²) in [6.07, 6.45) is 0. The van der Waals surface area contributed by atoms with Crippen molar-refractivity contribution in [1.82, 2.24) is 20.1 Å². The normalized spacial score (nSPS) is 12.2. The Balaban J connectivity index is 1.66. The number of benzene rings is 1. The molecule has 0 aliphatic carbocycles. The van der Waals surface area contributed by atoms with E-state index in [0.717, 1.165) is 10.7 Å². The predicted molar refractivity (Wildman–Crippen MR) is 107 cm³/mol. The number of carbonyl (C=O) groups is 1. The van der Waals surface area contributed by atoms with Gasteiger partial charge in [0.25, 0.3) is 5.91 Å². The minimum absolute atomic E-state index is 0.113. The lowest BCUT2D eigenvalue weighted by Gasteiger charge is -2.13. The van der Waals surface area contributed by atoms with Gasteiger partial charge in [-0.3, -0.25) is 4.79 Å². The third-order valence-corrected chi connectivity index (χ3v) is 6.24. The van der Waals surface area contributed by atoms with E-state index >= 15 is 0 Å². The average Bonchev–Trinajstić information content (AvgIpc) is 3.24. The fourth-order valence-corrected chi connectivity index (χ4v) is 4.45. The summed E-state index contributed by atoms with van der Waals surface area (Å²) in [4.78, 5) is 12.9. The molecule has 2 aromatic heterocycles. The van der Waals surface area contributed by atoms with Crippen LogP contribution < -0.4 is 5.32 Å². The molecule has 0 saturated heterocycles. The van der Waals surface area contributed by atoms with Crippen molar-refractivity contribution >= 4 is 52.2 Å². The number of aromatic nitrogens is 3. The third-order valence-electron chi connectivity index (χ3n) is 3.72. The van der Waals surface area contributed by atoms with E-state index in [1.807, 2.05) is 42.1 Å². The van der Waals surface area contributed by atoms with Crippen molar-refractivity contribution in [1.29, 1.82) is 0 Å². The third kappa shape index (κ3) is 4.40. The number of rotatable bonds is 6. The van der Waals surface area contributed by atoms with Gasteiger partial charge in [-0.25, -0.2) is 0 Å². The molecule has 2 heterocycles. The Morgan fingerprint density at radius 3 is 2.85 bits per heavy atom. The monoisotopic (exact) mass is 426 g/mol.